The first kappa shape index (κ1) is 18.3. The Morgan fingerprint density at radius 1 is 1.31 bits per heavy atom. The summed E-state index contributed by atoms with van der Waals surface area (Å²) in [6.07, 6.45) is -0.335. The monoisotopic (exact) mass is 369 g/mol. The Morgan fingerprint density at radius 2 is 2.08 bits per heavy atom. The zero-order chi connectivity index (χ0) is 18.6. The van der Waals surface area contributed by atoms with Crippen LogP contribution in [0.2, 0.25) is 0 Å². The lowest BCUT2D eigenvalue weighted by Crippen LogP contribution is -2.57. The molecule has 2 N–H and O–H groups in total. The molecule has 2 aromatic heterocycles. The van der Waals surface area contributed by atoms with Gasteiger partial charge in [0.05, 0.1) is 5.56 Å². The molecule has 2 aromatic rings. The fourth-order valence-corrected chi connectivity index (χ4v) is 2.72. The van der Waals surface area contributed by atoms with E-state index in [1.165, 1.54) is 34.5 Å². The first-order valence-corrected chi connectivity index (χ1v) is 8.06. The summed E-state index contributed by atoms with van der Waals surface area (Å²) < 4.78 is 41.4. The van der Waals surface area contributed by atoms with Crippen LogP contribution in [-0.2, 0) is 0 Å². The van der Waals surface area contributed by atoms with E-state index < -0.39 is 24.7 Å². The predicted octanol–water partition coefficient (Wildman–Crippen LogP) is 0.228. The van der Waals surface area contributed by atoms with Gasteiger partial charge in [-0.05, 0) is 12.1 Å². The van der Waals surface area contributed by atoms with Crippen molar-refractivity contribution in [1.29, 1.82) is 0 Å². The van der Waals surface area contributed by atoms with Crippen LogP contribution in [0.1, 0.15) is 10.4 Å². The zero-order valence-electron chi connectivity index (χ0n) is 13.8. The molecule has 11 heteroatoms. The number of halogens is 3. The highest BCUT2D eigenvalue weighted by Crippen LogP contribution is 2.24. The molecule has 3 heterocycles. The van der Waals surface area contributed by atoms with Crippen LogP contribution >= 0.6 is 0 Å². The third kappa shape index (κ3) is 4.35. The molecular formula is C15H18F3N7O. The summed E-state index contributed by atoms with van der Waals surface area (Å²) in [6, 6.07) is 1.31. The average molecular weight is 369 g/mol. The Morgan fingerprint density at radius 3 is 2.65 bits per heavy atom. The number of carbonyl (C=O) groups is 1. The van der Waals surface area contributed by atoms with E-state index in [9.17, 15) is 18.0 Å². The van der Waals surface area contributed by atoms with Crippen molar-refractivity contribution in [2.24, 2.45) is 0 Å². The quantitative estimate of drug-likeness (QED) is 0.785. The lowest BCUT2D eigenvalue weighted by atomic mass is 10.2. The minimum atomic E-state index is -4.42. The molecule has 140 valence electrons. The molecule has 1 atom stereocenters. The van der Waals surface area contributed by atoms with Crippen LogP contribution in [-0.4, -0.2) is 75.5 Å². The number of rotatable bonds is 5. The van der Waals surface area contributed by atoms with E-state index in [4.69, 9.17) is 0 Å². The molecule has 0 saturated carbocycles. The van der Waals surface area contributed by atoms with Crippen LogP contribution in [0.5, 0.6) is 0 Å². The van der Waals surface area contributed by atoms with E-state index in [0.717, 1.165) is 0 Å². The predicted molar refractivity (Wildman–Crippen MR) is 85.8 cm³/mol. The Labute approximate surface area is 147 Å². The van der Waals surface area contributed by atoms with E-state index >= 15 is 0 Å². The highest BCUT2D eigenvalue weighted by atomic mass is 19.4. The van der Waals surface area contributed by atoms with E-state index in [0.29, 0.717) is 18.9 Å². The maximum Gasteiger partial charge on any atom is 0.405 e. The molecule has 1 unspecified atom stereocenters. The van der Waals surface area contributed by atoms with Gasteiger partial charge in [0.2, 0.25) is 0 Å². The third-order valence-corrected chi connectivity index (χ3v) is 4.09. The maximum atomic E-state index is 13.3. The Hall–Kier alpha value is -2.53. The van der Waals surface area contributed by atoms with Crippen molar-refractivity contribution in [1.82, 2.24) is 35.3 Å². The largest absolute Gasteiger partial charge is 0.405 e. The van der Waals surface area contributed by atoms with Crippen molar-refractivity contribution in [2.45, 2.75) is 12.2 Å². The standard InChI is InChI=1S/C15H18F3N7O/c16-15(17,18)12(24-5-3-19-4-6-24)8-22-14(26)11-1-2-13(21-7-11)25-10-20-9-23-25/h1-2,7,9-10,12,19H,3-6,8H2,(H,22,26). The van der Waals surface area contributed by atoms with Crippen molar-refractivity contribution in [3.8, 4) is 5.82 Å². The second kappa shape index (κ2) is 7.79. The summed E-state index contributed by atoms with van der Waals surface area (Å²) in [5, 5.41) is 9.28. The molecule has 0 aliphatic carbocycles. The van der Waals surface area contributed by atoms with E-state index in [1.807, 2.05) is 0 Å². The molecular weight excluding hydrogens is 351 g/mol. The minimum Gasteiger partial charge on any atom is -0.350 e. The molecule has 26 heavy (non-hydrogen) atoms. The van der Waals surface area contributed by atoms with Gasteiger partial charge in [-0.3, -0.25) is 9.69 Å². The third-order valence-electron chi connectivity index (χ3n) is 4.09. The van der Waals surface area contributed by atoms with Gasteiger partial charge < -0.3 is 10.6 Å². The summed E-state index contributed by atoms with van der Waals surface area (Å²) in [4.78, 5) is 21.4. The van der Waals surface area contributed by atoms with Crippen LogP contribution in [0.3, 0.4) is 0 Å². The number of aromatic nitrogens is 4. The highest BCUT2D eigenvalue weighted by Gasteiger charge is 2.43. The summed E-state index contributed by atoms with van der Waals surface area (Å²) in [6.45, 7) is 1.05. The van der Waals surface area contributed by atoms with Gasteiger partial charge in [-0.25, -0.2) is 14.6 Å². The molecule has 8 nitrogen and oxygen atoms in total. The molecule has 1 amide bonds. The summed E-state index contributed by atoms with van der Waals surface area (Å²) >= 11 is 0. The van der Waals surface area contributed by atoms with Crippen molar-refractivity contribution in [3.63, 3.8) is 0 Å². The molecule has 0 bridgehead atoms. The van der Waals surface area contributed by atoms with Crippen molar-refractivity contribution in [3.05, 3.63) is 36.5 Å². The van der Waals surface area contributed by atoms with Crippen LogP contribution in [0.25, 0.3) is 5.82 Å². The molecule has 1 fully saturated rings. The second-order valence-corrected chi connectivity index (χ2v) is 5.80. The van der Waals surface area contributed by atoms with E-state index in [-0.39, 0.29) is 18.7 Å². The van der Waals surface area contributed by atoms with Gasteiger partial charge in [-0.15, -0.1) is 0 Å². The smallest absolute Gasteiger partial charge is 0.350 e. The van der Waals surface area contributed by atoms with Gasteiger partial charge >= 0.3 is 6.18 Å². The van der Waals surface area contributed by atoms with Gasteiger partial charge in [0, 0.05) is 38.9 Å². The molecule has 1 aliphatic heterocycles. The molecule has 0 radical (unpaired) electrons. The number of hydrogen-bond acceptors (Lipinski definition) is 6. The van der Waals surface area contributed by atoms with Crippen molar-refractivity contribution < 1.29 is 18.0 Å². The second-order valence-electron chi connectivity index (χ2n) is 5.80. The first-order chi connectivity index (χ1) is 12.4. The fraction of sp³-hybridized carbons (Fsp3) is 0.467. The molecule has 0 spiro atoms. The van der Waals surface area contributed by atoms with Gasteiger partial charge in [-0.1, -0.05) is 0 Å². The molecule has 0 aromatic carbocycles. The Balaban J connectivity index is 1.62. The van der Waals surface area contributed by atoms with E-state index in [1.54, 1.807) is 6.07 Å². The highest BCUT2D eigenvalue weighted by molar-refractivity contribution is 5.93. The van der Waals surface area contributed by atoms with Gasteiger partial charge in [0.1, 0.15) is 18.7 Å². The van der Waals surface area contributed by atoms with Crippen molar-refractivity contribution >= 4 is 5.91 Å². The fourth-order valence-electron chi connectivity index (χ4n) is 2.72. The van der Waals surface area contributed by atoms with E-state index in [2.05, 4.69) is 25.7 Å². The van der Waals surface area contributed by atoms with Gasteiger partial charge in [-0.2, -0.15) is 18.3 Å². The topological polar surface area (TPSA) is 88.0 Å². The number of carbonyl (C=O) groups excluding carboxylic acids is 1. The van der Waals surface area contributed by atoms with Crippen LogP contribution in [0.4, 0.5) is 13.2 Å². The van der Waals surface area contributed by atoms with Crippen molar-refractivity contribution in [2.75, 3.05) is 32.7 Å². The first-order valence-electron chi connectivity index (χ1n) is 8.06. The number of alkyl halides is 3. The van der Waals surface area contributed by atoms with Gasteiger partial charge in [0.15, 0.2) is 5.82 Å². The number of pyridine rings is 1. The summed E-state index contributed by atoms with van der Waals surface area (Å²) in [5.41, 5.74) is 0.176. The lowest BCUT2D eigenvalue weighted by molar-refractivity contribution is -0.183. The summed E-state index contributed by atoms with van der Waals surface area (Å²) in [5.74, 6) is -0.153. The number of nitrogens with zero attached hydrogens (tertiary/aromatic N) is 5. The number of hydrogen-bond donors (Lipinski definition) is 2. The molecule has 1 aliphatic rings. The minimum absolute atomic E-state index is 0.176. The molecule has 1 saturated heterocycles. The number of nitrogens with one attached hydrogen (secondary N) is 2. The number of piperazine rings is 1. The normalized spacial score (nSPS) is 17.0. The van der Waals surface area contributed by atoms with Crippen LogP contribution in [0.15, 0.2) is 31.0 Å². The van der Waals surface area contributed by atoms with Crippen LogP contribution < -0.4 is 10.6 Å². The Bertz CT molecular complexity index is 712. The summed E-state index contributed by atoms with van der Waals surface area (Å²) in [7, 11) is 0. The zero-order valence-corrected chi connectivity index (χ0v) is 13.8. The lowest BCUT2D eigenvalue weighted by Gasteiger charge is -2.35. The average Bonchev–Trinajstić information content (AvgIpc) is 3.16. The maximum absolute atomic E-state index is 13.3. The Kier molecular flexibility index (Phi) is 5.47. The SMILES string of the molecule is O=C(NCC(N1CCNCC1)C(F)(F)F)c1ccc(-n2cncn2)nc1. The number of amides is 1. The molecule has 3 rings (SSSR count). The van der Waals surface area contributed by atoms with Gasteiger partial charge in [0.25, 0.3) is 5.91 Å². The van der Waals surface area contributed by atoms with Crippen LogP contribution in [0, 0.1) is 0 Å².